The molecule has 5 heteroatoms. The van der Waals surface area contributed by atoms with Gasteiger partial charge in [0.25, 0.3) is 0 Å². The third-order valence-electron chi connectivity index (χ3n) is 4.56. The van der Waals surface area contributed by atoms with Crippen LogP contribution in [0, 0.1) is 13.8 Å². The van der Waals surface area contributed by atoms with Gasteiger partial charge in [-0.2, -0.15) is 0 Å². The van der Waals surface area contributed by atoms with Crippen LogP contribution in [-0.4, -0.2) is 34.4 Å². The van der Waals surface area contributed by atoms with Crippen LogP contribution in [0.25, 0.3) is 0 Å². The molecule has 1 fully saturated rings. The van der Waals surface area contributed by atoms with Crippen molar-refractivity contribution < 1.29 is 9.84 Å². The molecule has 1 aliphatic heterocycles. The Bertz CT molecular complexity index is 752. The van der Waals surface area contributed by atoms with Gasteiger partial charge in [-0.25, -0.2) is 0 Å². The van der Waals surface area contributed by atoms with Crippen molar-refractivity contribution in [3.63, 3.8) is 0 Å². The number of aryl methyl sites for hydroxylation is 2. The van der Waals surface area contributed by atoms with Crippen LogP contribution < -0.4 is 5.32 Å². The number of rotatable bonds is 5. The van der Waals surface area contributed by atoms with E-state index in [1.54, 1.807) is 6.07 Å². The molecule has 2 aromatic rings. The molecule has 4 nitrogen and oxygen atoms in total. The number of phenolic OH excluding ortho intramolecular Hbond substituents is 1. The molecule has 0 amide bonds. The zero-order valence-corrected chi connectivity index (χ0v) is 16.2. The fourth-order valence-corrected chi connectivity index (χ4v) is 3.61. The summed E-state index contributed by atoms with van der Waals surface area (Å²) < 4.78 is 5.80. The molecular weight excluding hydrogens is 344 g/mol. The highest BCUT2D eigenvalue weighted by Gasteiger charge is 2.22. The van der Waals surface area contributed by atoms with Gasteiger partial charge in [-0.3, -0.25) is 0 Å². The Kier molecular flexibility index (Phi) is 6.12. The average Bonchev–Trinajstić information content (AvgIpc) is 3.08. The quantitative estimate of drug-likeness (QED) is 0.765. The molecule has 1 saturated heterocycles. The van der Waals surface area contributed by atoms with Gasteiger partial charge in [-0.05, 0) is 68.2 Å². The first-order valence-electron chi connectivity index (χ1n) is 9.04. The summed E-state index contributed by atoms with van der Waals surface area (Å²) >= 11 is 5.70. The van der Waals surface area contributed by atoms with Crippen LogP contribution in [0.5, 0.6) is 5.75 Å². The lowest BCUT2D eigenvalue weighted by Crippen LogP contribution is -2.39. The lowest BCUT2D eigenvalue weighted by molar-refractivity contribution is 0.0904. The van der Waals surface area contributed by atoms with Gasteiger partial charge in [0.05, 0.1) is 6.10 Å². The van der Waals surface area contributed by atoms with E-state index in [4.69, 9.17) is 17.0 Å². The first-order chi connectivity index (χ1) is 12.5. The average molecular weight is 371 g/mol. The number of hydrogen-bond acceptors (Lipinski definition) is 3. The van der Waals surface area contributed by atoms with Crippen molar-refractivity contribution in [3.05, 3.63) is 59.2 Å². The molecular formula is C21H26N2O2S. The second kappa shape index (κ2) is 8.52. The van der Waals surface area contributed by atoms with Gasteiger partial charge in [0.15, 0.2) is 5.11 Å². The molecule has 0 aliphatic carbocycles. The van der Waals surface area contributed by atoms with Gasteiger partial charge in [0.2, 0.25) is 0 Å². The number of nitrogens with zero attached hydrogens (tertiary/aromatic N) is 1. The van der Waals surface area contributed by atoms with Gasteiger partial charge in [0, 0.05) is 30.9 Å². The Morgan fingerprint density at radius 3 is 2.62 bits per heavy atom. The number of benzene rings is 2. The molecule has 0 bridgehead atoms. The van der Waals surface area contributed by atoms with Gasteiger partial charge in [-0.15, -0.1) is 0 Å². The highest BCUT2D eigenvalue weighted by molar-refractivity contribution is 7.80. The van der Waals surface area contributed by atoms with Crippen LogP contribution in [0.3, 0.4) is 0 Å². The van der Waals surface area contributed by atoms with E-state index in [-0.39, 0.29) is 6.10 Å². The second-order valence-corrected chi connectivity index (χ2v) is 7.34. The summed E-state index contributed by atoms with van der Waals surface area (Å²) in [5.74, 6) is 0.291. The topological polar surface area (TPSA) is 44.7 Å². The summed E-state index contributed by atoms with van der Waals surface area (Å²) in [5, 5.41) is 14.1. The fourth-order valence-electron chi connectivity index (χ4n) is 3.35. The number of para-hydroxylation sites is 1. The zero-order chi connectivity index (χ0) is 18.5. The van der Waals surface area contributed by atoms with Crippen molar-refractivity contribution in [1.29, 1.82) is 0 Å². The Morgan fingerprint density at radius 2 is 1.96 bits per heavy atom. The molecule has 138 valence electrons. The molecule has 1 atom stereocenters. The van der Waals surface area contributed by atoms with Gasteiger partial charge in [-0.1, -0.05) is 24.3 Å². The summed E-state index contributed by atoms with van der Waals surface area (Å²) in [4.78, 5) is 2.08. The van der Waals surface area contributed by atoms with Crippen molar-refractivity contribution in [1.82, 2.24) is 4.90 Å². The molecule has 0 spiro atoms. The Labute approximate surface area is 160 Å². The molecule has 0 radical (unpaired) electrons. The molecule has 3 rings (SSSR count). The summed E-state index contributed by atoms with van der Waals surface area (Å²) in [5.41, 5.74) is 4.24. The van der Waals surface area contributed by atoms with Gasteiger partial charge < -0.3 is 20.1 Å². The Hall–Kier alpha value is -2.11. The second-order valence-electron chi connectivity index (χ2n) is 6.95. The molecule has 26 heavy (non-hydrogen) atoms. The molecule has 0 unspecified atom stereocenters. The highest BCUT2D eigenvalue weighted by atomic mass is 32.1. The SMILES string of the molecule is Cc1cc(C)cc(NC(=S)N(Cc2ccccc2O)C[C@H]2CCCO2)c1. The number of phenols is 1. The van der Waals surface area contributed by atoms with Crippen LogP contribution >= 0.6 is 12.2 Å². The molecule has 2 N–H and O–H groups in total. The molecule has 0 aromatic heterocycles. The van der Waals surface area contributed by atoms with Crippen LogP contribution in [0.1, 0.15) is 29.5 Å². The zero-order valence-electron chi connectivity index (χ0n) is 15.4. The van der Waals surface area contributed by atoms with Crippen molar-refractivity contribution in [2.75, 3.05) is 18.5 Å². The summed E-state index contributed by atoms with van der Waals surface area (Å²) in [7, 11) is 0. The predicted octanol–water partition coefficient (Wildman–Crippen LogP) is 4.39. The highest BCUT2D eigenvalue weighted by Crippen LogP contribution is 2.22. The van der Waals surface area contributed by atoms with Crippen molar-refractivity contribution in [2.45, 2.75) is 39.3 Å². The third kappa shape index (κ3) is 4.96. The maximum Gasteiger partial charge on any atom is 0.173 e. The smallest absolute Gasteiger partial charge is 0.173 e. The number of ether oxygens (including phenoxy) is 1. The van der Waals surface area contributed by atoms with Crippen molar-refractivity contribution in [2.24, 2.45) is 0 Å². The lowest BCUT2D eigenvalue weighted by atomic mass is 10.1. The number of thiocarbonyl (C=S) groups is 1. The Morgan fingerprint density at radius 1 is 1.23 bits per heavy atom. The van der Waals surface area contributed by atoms with Crippen LogP contribution in [0.15, 0.2) is 42.5 Å². The minimum atomic E-state index is 0.180. The van der Waals surface area contributed by atoms with Crippen molar-refractivity contribution in [3.8, 4) is 5.75 Å². The third-order valence-corrected chi connectivity index (χ3v) is 4.92. The monoisotopic (exact) mass is 370 g/mol. The van der Waals surface area contributed by atoms with E-state index >= 15 is 0 Å². The fraction of sp³-hybridized carbons (Fsp3) is 0.381. The summed E-state index contributed by atoms with van der Waals surface area (Å²) in [6, 6.07) is 13.7. The molecule has 0 saturated carbocycles. The maximum atomic E-state index is 10.1. The number of hydrogen-bond donors (Lipinski definition) is 2. The van der Waals surface area contributed by atoms with E-state index in [1.807, 2.05) is 18.2 Å². The largest absolute Gasteiger partial charge is 0.508 e. The molecule has 2 aromatic carbocycles. The minimum Gasteiger partial charge on any atom is -0.508 e. The molecule has 1 aliphatic rings. The normalized spacial score (nSPS) is 16.5. The van der Waals surface area contributed by atoms with E-state index < -0.39 is 0 Å². The van der Waals surface area contributed by atoms with E-state index in [0.29, 0.717) is 24.0 Å². The number of nitrogens with one attached hydrogen (secondary N) is 1. The number of aromatic hydroxyl groups is 1. The summed E-state index contributed by atoms with van der Waals surface area (Å²) in [6.07, 6.45) is 2.32. The van der Waals surface area contributed by atoms with Crippen LogP contribution in [0.4, 0.5) is 5.69 Å². The first-order valence-corrected chi connectivity index (χ1v) is 9.45. The van der Waals surface area contributed by atoms with E-state index in [9.17, 15) is 5.11 Å². The number of anilines is 1. The molecule has 1 heterocycles. The Balaban J connectivity index is 1.76. The standard InChI is InChI=1S/C21H26N2O2S/c1-15-10-16(2)12-18(11-15)22-21(26)23(14-19-7-5-9-25-19)13-17-6-3-4-8-20(17)24/h3-4,6,8,10-12,19,24H,5,7,9,13-14H2,1-2H3,(H,22,26)/t19-/m1/s1. The van der Waals surface area contributed by atoms with Gasteiger partial charge in [0.1, 0.15) is 5.75 Å². The van der Waals surface area contributed by atoms with E-state index in [2.05, 4.69) is 42.3 Å². The van der Waals surface area contributed by atoms with Crippen LogP contribution in [-0.2, 0) is 11.3 Å². The minimum absolute atomic E-state index is 0.180. The first kappa shape index (κ1) is 18.7. The maximum absolute atomic E-state index is 10.1. The van der Waals surface area contributed by atoms with Crippen LogP contribution in [0.2, 0.25) is 0 Å². The lowest BCUT2D eigenvalue weighted by Gasteiger charge is -2.28. The van der Waals surface area contributed by atoms with E-state index in [0.717, 1.165) is 30.7 Å². The summed E-state index contributed by atoms with van der Waals surface area (Å²) in [6.45, 7) is 6.22. The predicted molar refractivity (Wildman–Crippen MR) is 110 cm³/mol. The van der Waals surface area contributed by atoms with E-state index in [1.165, 1.54) is 11.1 Å². The van der Waals surface area contributed by atoms with Crippen molar-refractivity contribution >= 4 is 23.0 Å². The van der Waals surface area contributed by atoms with Gasteiger partial charge >= 0.3 is 0 Å².